The Morgan fingerprint density at radius 3 is 2.77 bits per heavy atom. The van der Waals surface area contributed by atoms with E-state index in [-0.39, 0.29) is 33.2 Å². The normalized spacial score (nSPS) is 24.8. The van der Waals surface area contributed by atoms with E-state index in [2.05, 4.69) is 32.6 Å². The van der Waals surface area contributed by atoms with Crippen LogP contribution in [0.4, 0.5) is 14.6 Å². The predicted molar refractivity (Wildman–Crippen MR) is 170 cm³/mol. The van der Waals surface area contributed by atoms with E-state index in [1.165, 1.54) is 11.6 Å². The molecule has 1 N–H and O–H groups in total. The number of halogens is 3. The number of piperazine rings is 1. The first-order chi connectivity index (χ1) is 21.3. The molecule has 44 heavy (non-hydrogen) atoms. The van der Waals surface area contributed by atoms with E-state index in [1.54, 1.807) is 24.3 Å². The van der Waals surface area contributed by atoms with Crippen LogP contribution in [-0.2, 0) is 0 Å². The molecule has 224 valence electrons. The van der Waals surface area contributed by atoms with E-state index in [0.717, 1.165) is 58.3 Å². The fourth-order valence-electron chi connectivity index (χ4n) is 8.03. The fourth-order valence-corrected chi connectivity index (χ4v) is 8.33. The summed E-state index contributed by atoms with van der Waals surface area (Å²) in [5.74, 6) is 1.90. The van der Waals surface area contributed by atoms with Crippen LogP contribution in [-0.4, -0.2) is 65.3 Å². The van der Waals surface area contributed by atoms with Crippen LogP contribution in [0.2, 0.25) is 5.02 Å². The van der Waals surface area contributed by atoms with Crippen molar-refractivity contribution in [1.29, 1.82) is 0 Å². The minimum Gasteiger partial charge on any atom is -0.461 e. The Hall–Kier alpha value is -3.77. The minimum absolute atomic E-state index is 0.0656. The van der Waals surface area contributed by atoms with Crippen LogP contribution in [0, 0.1) is 24.0 Å². The molecule has 5 heterocycles. The highest BCUT2D eigenvalue weighted by atomic mass is 35.5. The van der Waals surface area contributed by atoms with Gasteiger partial charge in [-0.1, -0.05) is 53.9 Å². The second kappa shape index (κ2) is 10.4. The predicted octanol–water partition coefficient (Wildman–Crippen LogP) is 6.48. The Balaban J connectivity index is 1.29. The third kappa shape index (κ3) is 4.36. The molecular formula is C35H32ClF2N5O. The molecule has 2 bridgehead atoms. The van der Waals surface area contributed by atoms with Crippen LogP contribution >= 0.6 is 11.6 Å². The number of nitrogens with zero attached hydrogens (tertiary/aromatic N) is 4. The summed E-state index contributed by atoms with van der Waals surface area (Å²) in [5, 5.41) is 5.47. The van der Waals surface area contributed by atoms with Gasteiger partial charge in [0.1, 0.15) is 23.8 Å². The highest BCUT2D eigenvalue weighted by molar-refractivity contribution is 6.35. The third-order valence-corrected chi connectivity index (χ3v) is 10.3. The first-order valence-corrected chi connectivity index (χ1v) is 15.6. The number of ether oxygens (including phenoxy) is 1. The Labute approximate surface area is 260 Å². The summed E-state index contributed by atoms with van der Waals surface area (Å²) in [6.45, 7) is 8.01. The molecule has 4 aliphatic heterocycles. The first kappa shape index (κ1) is 27.8. The number of hydrogen-bond donors (Lipinski definition) is 1. The maximum Gasteiger partial charge on any atom is 0.319 e. The van der Waals surface area contributed by atoms with E-state index in [0.29, 0.717) is 46.2 Å². The minimum atomic E-state index is -0.617. The van der Waals surface area contributed by atoms with E-state index < -0.39 is 11.6 Å². The van der Waals surface area contributed by atoms with Crippen molar-refractivity contribution in [2.24, 2.45) is 0 Å². The Bertz CT molecular complexity index is 1890. The second-order valence-electron chi connectivity index (χ2n) is 12.8. The Morgan fingerprint density at radius 1 is 1.16 bits per heavy atom. The number of terminal acetylenes is 1. The quantitative estimate of drug-likeness (QED) is 0.206. The molecular weight excluding hydrogens is 580 g/mol. The van der Waals surface area contributed by atoms with E-state index >= 15 is 4.39 Å². The number of rotatable bonds is 5. The molecule has 0 radical (unpaired) electrons. The fraction of sp³-hybridized carbons (Fsp3) is 0.371. The van der Waals surface area contributed by atoms with Gasteiger partial charge in [-0.05, 0) is 61.7 Å². The van der Waals surface area contributed by atoms with Crippen molar-refractivity contribution in [3.05, 3.63) is 70.8 Å². The van der Waals surface area contributed by atoms with Crippen molar-refractivity contribution in [2.45, 2.75) is 49.7 Å². The number of fused-ring (bicyclic) bond motifs is 5. The van der Waals surface area contributed by atoms with Crippen LogP contribution in [0.3, 0.4) is 0 Å². The monoisotopic (exact) mass is 611 g/mol. The second-order valence-corrected chi connectivity index (χ2v) is 13.2. The summed E-state index contributed by atoms with van der Waals surface area (Å²) >= 11 is 6.90. The summed E-state index contributed by atoms with van der Waals surface area (Å²) < 4.78 is 38.2. The van der Waals surface area contributed by atoms with Gasteiger partial charge >= 0.3 is 6.01 Å². The topological polar surface area (TPSA) is 53.5 Å². The molecule has 4 fully saturated rings. The maximum atomic E-state index is 17.0. The zero-order valence-electron chi connectivity index (χ0n) is 24.3. The van der Waals surface area contributed by atoms with Gasteiger partial charge in [0.2, 0.25) is 0 Å². The molecule has 3 aromatic carbocycles. The van der Waals surface area contributed by atoms with Gasteiger partial charge in [-0.25, -0.2) is 8.78 Å². The highest BCUT2D eigenvalue weighted by Crippen LogP contribution is 2.44. The van der Waals surface area contributed by atoms with Gasteiger partial charge in [-0.2, -0.15) is 9.97 Å². The van der Waals surface area contributed by atoms with Gasteiger partial charge < -0.3 is 15.0 Å². The molecule has 0 aliphatic carbocycles. The van der Waals surface area contributed by atoms with Crippen molar-refractivity contribution in [3.63, 3.8) is 0 Å². The molecule has 9 heteroatoms. The molecule has 6 nitrogen and oxygen atoms in total. The lowest BCUT2D eigenvalue weighted by Gasteiger charge is -2.34. The number of benzene rings is 3. The molecule has 3 atom stereocenters. The third-order valence-electron chi connectivity index (χ3n) is 9.97. The molecule has 8 rings (SSSR count). The molecule has 4 saturated heterocycles. The number of nitrogens with one attached hydrogen (secondary N) is 1. The van der Waals surface area contributed by atoms with Crippen molar-refractivity contribution in [2.75, 3.05) is 37.7 Å². The van der Waals surface area contributed by atoms with Gasteiger partial charge in [0.25, 0.3) is 0 Å². The lowest BCUT2D eigenvalue weighted by Crippen LogP contribution is -2.51. The van der Waals surface area contributed by atoms with Crippen molar-refractivity contribution in [3.8, 4) is 29.5 Å². The lowest BCUT2D eigenvalue weighted by atomic mass is 9.93. The summed E-state index contributed by atoms with van der Waals surface area (Å²) in [7, 11) is 0. The largest absolute Gasteiger partial charge is 0.461 e. The summed E-state index contributed by atoms with van der Waals surface area (Å²) in [6.07, 6.45) is 10.9. The van der Waals surface area contributed by atoms with Crippen molar-refractivity contribution >= 4 is 39.1 Å². The molecule has 4 aliphatic rings. The molecule has 0 amide bonds. The van der Waals surface area contributed by atoms with E-state index in [9.17, 15) is 4.39 Å². The van der Waals surface area contributed by atoms with Crippen LogP contribution in [0.15, 0.2) is 48.6 Å². The number of hydrogen-bond acceptors (Lipinski definition) is 6. The van der Waals surface area contributed by atoms with Gasteiger partial charge in [0, 0.05) is 48.1 Å². The summed E-state index contributed by atoms with van der Waals surface area (Å²) in [4.78, 5) is 14.2. The van der Waals surface area contributed by atoms with Gasteiger partial charge in [0.15, 0.2) is 5.82 Å². The molecule has 0 spiro atoms. The van der Waals surface area contributed by atoms with Crippen LogP contribution < -0.4 is 15.0 Å². The number of aromatic nitrogens is 2. The average Bonchev–Trinajstić information content (AvgIpc) is 3.66. The van der Waals surface area contributed by atoms with Gasteiger partial charge in [-0.3, -0.25) is 4.90 Å². The molecule has 0 saturated carbocycles. The molecule has 1 aromatic heterocycles. The van der Waals surface area contributed by atoms with Crippen molar-refractivity contribution in [1.82, 2.24) is 20.2 Å². The SMILES string of the molecule is C#Cc1c(F)ccc2cccc(-c3c(Cl)cc4c(N5CC6CCC(C5)N6)nc(OCC56CCCN5CC(=C)C6)nc4c3F)c12. The zero-order chi connectivity index (χ0) is 30.2. The van der Waals surface area contributed by atoms with Gasteiger partial charge in [0.05, 0.1) is 16.1 Å². The lowest BCUT2D eigenvalue weighted by molar-refractivity contribution is 0.108. The summed E-state index contributed by atoms with van der Waals surface area (Å²) in [5.41, 5.74) is 1.78. The van der Waals surface area contributed by atoms with Crippen LogP contribution in [0.25, 0.3) is 32.8 Å². The maximum absolute atomic E-state index is 17.0. The first-order valence-electron chi connectivity index (χ1n) is 15.3. The number of anilines is 1. The molecule has 4 aromatic rings. The highest BCUT2D eigenvalue weighted by Gasteiger charge is 2.46. The molecule has 3 unspecified atom stereocenters. The van der Waals surface area contributed by atoms with Crippen molar-refractivity contribution < 1.29 is 13.5 Å². The zero-order valence-corrected chi connectivity index (χ0v) is 25.1. The average molecular weight is 612 g/mol. The smallest absolute Gasteiger partial charge is 0.319 e. The van der Waals surface area contributed by atoms with Gasteiger partial charge in [-0.15, -0.1) is 6.42 Å². The van der Waals surface area contributed by atoms with Crippen LogP contribution in [0.5, 0.6) is 6.01 Å². The standard InChI is InChI=1S/C35H32ClF2N5O/c1-3-24-28(37)11-8-21-6-4-7-25(29(21)24)30-27(36)14-26-32(31(30)38)40-34(41-33(26)42-17-22-9-10-23(18-42)39-22)44-19-35-12-5-13-43(35)16-20(2)15-35/h1,4,6-8,11,14,22-23,39H,2,5,9-10,12-13,15-19H2. The van der Waals surface area contributed by atoms with E-state index in [1.807, 2.05) is 6.07 Å². The Kier molecular flexibility index (Phi) is 6.56. The van der Waals surface area contributed by atoms with E-state index in [4.69, 9.17) is 27.7 Å². The Morgan fingerprint density at radius 2 is 1.98 bits per heavy atom. The summed E-state index contributed by atoms with van der Waals surface area (Å²) in [6, 6.07) is 10.8. The van der Waals surface area contributed by atoms with Crippen LogP contribution in [0.1, 0.15) is 37.7 Å².